The van der Waals surface area contributed by atoms with Gasteiger partial charge in [-0.05, 0) is 6.07 Å². The minimum absolute atomic E-state index is 0.529. The summed E-state index contributed by atoms with van der Waals surface area (Å²) in [5.41, 5.74) is 1.36. The second-order valence-electron chi connectivity index (χ2n) is 3.53. The van der Waals surface area contributed by atoms with Crippen LogP contribution in [0.15, 0.2) is 18.2 Å². The number of hydrogen-bond donors (Lipinski definition) is 0. The Morgan fingerprint density at radius 3 is 2.75 bits per heavy atom. The van der Waals surface area contributed by atoms with Crippen molar-refractivity contribution in [1.82, 2.24) is 0 Å². The van der Waals surface area contributed by atoms with Crippen LogP contribution in [0.25, 0.3) is 4.98 Å². The molecule has 1 aliphatic rings. The Morgan fingerprint density at radius 1 is 1.38 bits per heavy atom. The quantitative estimate of drug-likeness (QED) is 0.715. The van der Waals surface area contributed by atoms with Crippen LogP contribution in [0.5, 0.6) is 5.75 Å². The van der Waals surface area contributed by atoms with Crippen molar-refractivity contribution >= 4 is 11.4 Å². The SMILES string of the molecule is COc1cccc([N+]#N)c1N1CCOCC1. The number of benzene rings is 1. The molecule has 0 aliphatic carbocycles. The molecule has 0 atom stereocenters. The van der Waals surface area contributed by atoms with E-state index in [9.17, 15) is 0 Å². The Kier molecular flexibility index (Phi) is 3.22. The van der Waals surface area contributed by atoms with Crippen molar-refractivity contribution < 1.29 is 9.47 Å². The zero-order valence-corrected chi connectivity index (χ0v) is 9.22. The van der Waals surface area contributed by atoms with Crippen molar-refractivity contribution in [2.24, 2.45) is 0 Å². The van der Waals surface area contributed by atoms with Gasteiger partial charge in [0.25, 0.3) is 0 Å². The molecule has 1 saturated heterocycles. The molecule has 0 aromatic heterocycles. The highest BCUT2D eigenvalue weighted by Gasteiger charge is 2.25. The molecular weight excluding hydrogens is 206 g/mol. The van der Waals surface area contributed by atoms with Gasteiger partial charge in [-0.2, -0.15) is 0 Å². The van der Waals surface area contributed by atoms with E-state index in [0.717, 1.165) is 24.5 Å². The predicted octanol–water partition coefficient (Wildman–Crippen LogP) is 2.02. The van der Waals surface area contributed by atoms with Crippen LogP contribution in [0.2, 0.25) is 0 Å². The molecule has 0 amide bonds. The van der Waals surface area contributed by atoms with Gasteiger partial charge in [0.2, 0.25) is 5.39 Å². The van der Waals surface area contributed by atoms with Crippen LogP contribution < -0.4 is 9.64 Å². The molecule has 0 radical (unpaired) electrons. The topological polar surface area (TPSA) is 49.8 Å². The van der Waals surface area contributed by atoms with E-state index in [1.807, 2.05) is 6.07 Å². The highest BCUT2D eigenvalue weighted by atomic mass is 16.5. The molecule has 0 bridgehead atoms. The van der Waals surface area contributed by atoms with E-state index in [0.29, 0.717) is 18.9 Å². The van der Waals surface area contributed by atoms with Crippen LogP contribution in [-0.4, -0.2) is 33.4 Å². The average molecular weight is 220 g/mol. The van der Waals surface area contributed by atoms with E-state index >= 15 is 0 Å². The number of morpholine rings is 1. The first kappa shape index (κ1) is 10.7. The van der Waals surface area contributed by atoms with E-state index in [-0.39, 0.29) is 0 Å². The highest BCUT2D eigenvalue weighted by molar-refractivity contribution is 5.77. The third kappa shape index (κ3) is 1.92. The summed E-state index contributed by atoms with van der Waals surface area (Å²) in [6, 6.07) is 5.42. The number of methoxy groups -OCH3 is 1. The van der Waals surface area contributed by atoms with Crippen LogP contribution in [0, 0.1) is 5.39 Å². The van der Waals surface area contributed by atoms with Crippen LogP contribution in [0.1, 0.15) is 0 Å². The number of ether oxygens (including phenoxy) is 2. The summed E-state index contributed by atoms with van der Waals surface area (Å²) < 4.78 is 10.6. The Balaban J connectivity index is 2.39. The van der Waals surface area contributed by atoms with Gasteiger partial charge in [-0.15, -0.1) is 0 Å². The van der Waals surface area contributed by atoms with Crippen LogP contribution in [-0.2, 0) is 4.74 Å². The van der Waals surface area contributed by atoms with E-state index < -0.39 is 0 Å². The maximum atomic E-state index is 8.98. The van der Waals surface area contributed by atoms with Gasteiger partial charge < -0.3 is 14.4 Å². The van der Waals surface area contributed by atoms with E-state index in [2.05, 4.69) is 9.88 Å². The summed E-state index contributed by atoms with van der Waals surface area (Å²) in [5, 5.41) is 8.98. The lowest BCUT2D eigenvalue weighted by molar-refractivity contribution is 0.122. The minimum Gasteiger partial charge on any atom is -0.494 e. The number of para-hydroxylation sites is 1. The summed E-state index contributed by atoms with van der Waals surface area (Å²) in [6.07, 6.45) is 0. The molecule has 0 saturated carbocycles. The van der Waals surface area contributed by atoms with E-state index in [1.165, 1.54) is 0 Å². The molecule has 1 heterocycles. The summed E-state index contributed by atoms with van der Waals surface area (Å²) in [5.74, 6) is 0.720. The fourth-order valence-electron chi connectivity index (χ4n) is 1.86. The van der Waals surface area contributed by atoms with Gasteiger partial charge in [0, 0.05) is 19.2 Å². The van der Waals surface area contributed by atoms with Gasteiger partial charge in [0.05, 0.1) is 20.3 Å². The molecule has 0 spiro atoms. The van der Waals surface area contributed by atoms with Crippen molar-refractivity contribution in [3.05, 3.63) is 23.2 Å². The summed E-state index contributed by atoms with van der Waals surface area (Å²) >= 11 is 0. The van der Waals surface area contributed by atoms with Crippen LogP contribution >= 0.6 is 0 Å². The van der Waals surface area contributed by atoms with Crippen LogP contribution in [0.3, 0.4) is 0 Å². The minimum atomic E-state index is 0.529. The Bertz CT molecular complexity index is 408. The monoisotopic (exact) mass is 220 g/mol. The third-order valence-electron chi connectivity index (χ3n) is 2.63. The van der Waals surface area contributed by atoms with Gasteiger partial charge >= 0.3 is 5.69 Å². The summed E-state index contributed by atoms with van der Waals surface area (Å²) in [6.45, 7) is 2.93. The van der Waals surface area contributed by atoms with Gasteiger partial charge in [-0.25, -0.2) is 0 Å². The van der Waals surface area contributed by atoms with Crippen molar-refractivity contribution in [3.8, 4) is 5.75 Å². The molecule has 1 aromatic rings. The standard InChI is InChI=1S/C11H14N3O2/c1-15-10-4-2-3-9(13-12)11(10)14-5-7-16-8-6-14/h2-4H,5-8H2,1H3/q+1. The molecule has 16 heavy (non-hydrogen) atoms. The fraction of sp³-hybridized carbons (Fsp3) is 0.455. The summed E-state index contributed by atoms with van der Waals surface area (Å²) in [4.78, 5) is 5.40. The smallest absolute Gasteiger partial charge is 0.411 e. The first-order chi connectivity index (χ1) is 7.86. The third-order valence-corrected chi connectivity index (χ3v) is 2.63. The second kappa shape index (κ2) is 4.81. The highest BCUT2D eigenvalue weighted by Crippen LogP contribution is 2.38. The lowest BCUT2D eigenvalue weighted by Gasteiger charge is -2.28. The number of diazo groups is 1. The van der Waals surface area contributed by atoms with Crippen molar-refractivity contribution in [2.45, 2.75) is 0 Å². The molecule has 84 valence electrons. The van der Waals surface area contributed by atoms with Crippen molar-refractivity contribution in [3.63, 3.8) is 0 Å². The van der Waals surface area contributed by atoms with Crippen molar-refractivity contribution in [2.75, 3.05) is 38.3 Å². The largest absolute Gasteiger partial charge is 0.494 e. The lowest BCUT2D eigenvalue weighted by Crippen LogP contribution is -2.36. The lowest BCUT2D eigenvalue weighted by atomic mass is 10.2. The molecule has 5 nitrogen and oxygen atoms in total. The fourth-order valence-corrected chi connectivity index (χ4v) is 1.86. The zero-order valence-electron chi connectivity index (χ0n) is 9.22. The Labute approximate surface area is 94.2 Å². The predicted molar refractivity (Wildman–Crippen MR) is 60.8 cm³/mol. The molecule has 0 N–H and O–H groups in total. The van der Waals surface area contributed by atoms with Gasteiger partial charge in [-0.1, -0.05) is 6.07 Å². The summed E-state index contributed by atoms with van der Waals surface area (Å²) in [7, 11) is 1.61. The first-order valence-corrected chi connectivity index (χ1v) is 5.21. The number of rotatable bonds is 2. The molecule has 5 heteroatoms. The molecule has 2 rings (SSSR count). The van der Waals surface area contributed by atoms with Crippen LogP contribution in [0.4, 0.5) is 11.4 Å². The Hall–Kier alpha value is -1.80. The van der Waals surface area contributed by atoms with Crippen molar-refractivity contribution in [1.29, 1.82) is 5.39 Å². The van der Waals surface area contributed by atoms with Gasteiger partial charge in [-0.3, -0.25) is 0 Å². The molecule has 0 unspecified atom stereocenters. The van der Waals surface area contributed by atoms with Gasteiger partial charge in [0.15, 0.2) is 16.4 Å². The molecule has 1 aromatic carbocycles. The molecule has 1 aliphatic heterocycles. The Morgan fingerprint density at radius 2 is 2.12 bits per heavy atom. The van der Waals surface area contributed by atoms with E-state index in [4.69, 9.17) is 14.9 Å². The molecule has 1 fully saturated rings. The second-order valence-corrected chi connectivity index (χ2v) is 3.53. The number of nitrogens with zero attached hydrogens (tertiary/aromatic N) is 3. The van der Waals surface area contributed by atoms with Gasteiger partial charge in [0.1, 0.15) is 0 Å². The van der Waals surface area contributed by atoms with E-state index in [1.54, 1.807) is 19.2 Å². The molecular formula is C11H14N3O2+. The number of anilines is 1. The number of hydrogen-bond acceptors (Lipinski definition) is 4. The average Bonchev–Trinajstić information content (AvgIpc) is 2.38. The maximum Gasteiger partial charge on any atom is 0.411 e. The first-order valence-electron chi connectivity index (χ1n) is 5.21. The zero-order chi connectivity index (χ0) is 11.4. The maximum absolute atomic E-state index is 8.98. The normalized spacial score (nSPS) is 15.6.